The summed E-state index contributed by atoms with van der Waals surface area (Å²) >= 11 is 0. The molecule has 0 aliphatic carbocycles. The quantitative estimate of drug-likeness (QED) is 0.803. The van der Waals surface area contributed by atoms with E-state index in [0.717, 1.165) is 23.2 Å². The van der Waals surface area contributed by atoms with Gasteiger partial charge >= 0.3 is 0 Å². The number of nitriles is 1. The Kier molecular flexibility index (Phi) is 4.68. The van der Waals surface area contributed by atoms with Gasteiger partial charge in [-0.2, -0.15) is 5.26 Å². The van der Waals surface area contributed by atoms with Crippen LogP contribution in [0.15, 0.2) is 48.5 Å². The van der Waals surface area contributed by atoms with E-state index in [0.29, 0.717) is 12.1 Å². The number of nitrogens with zero attached hydrogens (tertiary/aromatic N) is 1. The summed E-state index contributed by atoms with van der Waals surface area (Å²) in [7, 11) is 0. The molecule has 0 fully saturated rings. The maximum atomic E-state index is 9.09. The zero-order chi connectivity index (χ0) is 13.5. The van der Waals surface area contributed by atoms with Crippen LogP contribution in [0.2, 0.25) is 0 Å². The highest BCUT2D eigenvalue weighted by Gasteiger charge is 2.03. The van der Waals surface area contributed by atoms with Crippen LogP contribution in [0.4, 0.5) is 0 Å². The highest BCUT2D eigenvalue weighted by atomic mass is 16.3. The summed E-state index contributed by atoms with van der Waals surface area (Å²) in [5, 5.41) is 20.9. The fourth-order valence-electron chi connectivity index (χ4n) is 1.95. The third-order valence-corrected chi connectivity index (χ3v) is 2.93. The van der Waals surface area contributed by atoms with E-state index in [-0.39, 0.29) is 6.61 Å². The Morgan fingerprint density at radius 1 is 1.05 bits per heavy atom. The Morgan fingerprint density at radius 3 is 2.47 bits per heavy atom. The monoisotopic (exact) mass is 252 g/mol. The van der Waals surface area contributed by atoms with Crippen molar-refractivity contribution < 1.29 is 5.11 Å². The van der Waals surface area contributed by atoms with Crippen LogP contribution in [0.5, 0.6) is 0 Å². The van der Waals surface area contributed by atoms with Crippen molar-refractivity contribution in [2.75, 3.05) is 13.2 Å². The lowest BCUT2D eigenvalue weighted by Gasteiger charge is -2.06. The second kappa shape index (κ2) is 6.69. The Hall–Kier alpha value is -2.15. The third kappa shape index (κ3) is 3.41. The standard InChI is InChI=1S/C16H16N2O/c17-11-15-3-1-2-4-16(15)14-7-5-13(6-8-14)12-18-9-10-19/h1-8,18-19H,9-10,12H2. The molecule has 0 saturated carbocycles. The van der Waals surface area contributed by atoms with Crippen LogP contribution in [0, 0.1) is 11.3 Å². The fraction of sp³-hybridized carbons (Fsp3) is 0.188. The van der Waals surface area contributed by atoms with Gasteiger partial charge in [-0.05, 0) is 22.8 Å². The van der Waals surface area contributed by atoms with E-state index in [1.165, 1.54) is 0 Å². The zero-order valence-electron chi connectivity index (χ0n) is 10.6. The molecule has 0 heterocycles. The molecule has 0 unspecified atom stereocenters. The van der Waals surface area contributed by atoms with Gasteiger partial charge in [0.2, 0.25) is 0 Å². The lowest BCUT2D eigenvalue weighted by molar-refractivity contribution is 0.292. The molecule has 0 bridgehead atoms. The number of rotatable bonds is 5. The molecule has 96 valence electrons. The molecule has 0 atom stereocenters. The lowest BCUT2D eigenvalue weighted by atomic mass is 9.99. The zero-order valence-corrected chi connectivity index (χ0v) is 10.6. The summed E-state index contributed by atoms with van der Waals surface area (Å²) in [5.41, 5.74) is 3.85. The molecule has 0 aliphatic heterocycles. The van der Waals surface area contributed by atoms with Gasteiger partial charge in [-0.15, -0.1) is 0 Å². The van der Waals surface area contributed by atoms with Gasteiger partial charge in [0.15, 0.2) is 0 Å². The minimum absolute atomic E-state index is 0.146. The van der Waals surface area contributed by atoms with Gasteiger partial charge in [-0.1, -0.05) is 42.5 Å². The van der Waals surface area contributed by atoms with Crippen LogP contribution in [0.3, 0.4) is 0 Å². The van der Waals surface area contributed by atoms with Crippen LogP contribution in [-0.4, -0.2) is 18.3 Å². The molecule has 2 rings (SSSR count). The summed E-state index contributed by atoms with van der Waals surface area (Å²) in [5.74, 6) is 0. The molecular weight excluding hydrogens is 236 g/mol. The lowest BCUT2D eigenvalue weighted by Crippen LogP contribution is -2.17. The van der Waals surface area contributed by atoms with Crippen molar-refractivity contribution in [3.05, 3.63) is 59.7 Å². The second-order valence-corrected chi connectivity index (χ2v) is 4.25. The Morgan fingerprint density at radius 2 is 1.79 bits per heavy atom. The second-order valence-electron chi connectivity index (χ2n) is 4.25. The first-order chi connectivity index (χ1) is 9.35. The van der Waals surface area contributed by atoms with E-state index < -0.39 is 0 Å². The molecule has 0 amide bonds. The SMILES string of the molecule is N#Cc1ccccc1-c1ccc(CNCCO)cc1. The van der Waals surface area contributed by atoms with Crippen molar-refractivity contribution in [1.29, 1.82) is 5.26 Å². The van der Waals surface area contributed by atoms with E-state index in [1.807, 2.05) is 48.5 Å². The van der Waals surface area contributed by atoms with Gasteiger partial charge in [-0.25, -0.2) is 0 Å². The number of hydrogen-bond donors (Lipinski definition) is 2. The highest BCUT2D eigenvalue weighted by molar-refractivity contribution is 5.70. The van der Waals surface area contributed by atoms with Crippen molar-refractivity contribution >= 4 is 0 Å². The maximum absolute atomic E-state index is 9.09. The molecule has 2 aromatic rings. The summed E-state index contributed by atoms with van der Waals surface area (Å²) in [6.07, 6.45) is 0. The molecule has 3 heteroatoms. The highest BCUT2D eigenvalue weighted by Crippen LogP contribution is 2.23. The van der Waals surface area contributed by atoms with Gasteiger partial charge in [0.25, 0.3) is 0 Å². The largest absolute Gasteiger partial charge is 0.395 e. The maximum Gasteiger partial charge on any atom is 0.0998 e. The van der Waals surface area contributed by atoms with Crippen molar-refractivity contribution in [1.82, 2.24) is 5.32 Å². The number of hydrogen-bond acceptors (Lipinski definition) is 3. The molecular formula is C16H16N2O. The minimum Gasteiger partial charge on any atom is -0.395 e. The van der Waals surface area contributed by atoms with Crippen molar-refractivity contribution in [3.8, 4) is 17.2 Å². The number of benzene rings is 2. The van der Waals surface area contributed by atoms with Gasteiger partial charge in [-0.3, -0.25) is 0 Å². The average Bonchev–Trinajstić information content (AvgIpc) is 2.48. The van der Waals surface area contributed by atoms with Gasteiger partial charge in [0, 0.05) is 13.1 Å². The van der Waals surface area contributed by atoms with Crippen LogP contribution in [-0.2, 0) is 6.54 Å². The van der Waals surface area contributed by atoms with Crippen LogP contribution in [0.25, 0.3) is 11.1 Å². The summed E-state index contributed by atoms with van der Waals surface area (Å²) < 4.78 is 0. The minimum atomic E-state index is 0.146. The first kappa shape index (κ1) is 13.3. The first-order valence-corrected chi connectivity index (χ1v) is 6.25. The predicted molar refractivity (Wildman–Crippen MR) is 75.4 cm³/mol. The van der Waals surface area contributed by atoms with Gasteiger partial charge < -0.3 is 10.4 Å². The Bertz CT molecular complexity index is 570. The summed E-state index contributed by atoms with van der Waals surface area (Å²) in [6.45, 7) is 1.48. The Labute approximate surface area is 113 Å². The van der Waals surface area contributed by atoms with E-state index in [2.05, 4.69) is 11.4 Å². The summed E-state index contributed by atoms with van der Waals surface area (Å²) in [4.78, 5) is 0. The van der Waals surface area contributed by atoms with Crippen molar-refractivity contribution in [2.45, 2.75) is 6.54 Å². The predicted octanol–water partition coefficient (Wildman–Crippen LogP) is 2.31. The van der Waals surface area contributed by atoms with E-state index in [4.69, 9.17) is 10.4 Å². The molecule has 0 spiro atoms. The van der Waals surface area contributed by atoms with E-state index in [9.17, 15) is 0 Å². The molecule has 0 radical (unpaired) electrons. The summed E-state index contributed by atoms with van der Waals surface area (Å²) in [6, 6.07) is 17.9. The normalized spacial score (nSPS) is 10.1. The molecule has 2 aromatic carbocycles. The number of aliphatic hydroxyl groups is 1. The third-order valence-electron chi connectivity index (χ3n) is 2.93. The molecule has 19 heavy (non-hydrogen) atoms. The van der Waals surface area contributed by atoms with Crippen molar-refractivity contribution in [2.24, 2.45) is 0 Å². The van der Waals surface area contributed by atoms with E-state index in [1.54, 1.807) is 0 Å². The number of aliphatic hydroxyl groups excluding tert-OH is 1. The molecule has 2 N–H and O–H groups in total. The topological polar surface area (TPSA) is 56.0 Å². The Balaban J connectivity index is 2.16. The van der Waals surface area contributed by atoms with Crippen LogP contribution in [0.1, 0.15) is 11.1 Å². The van der Waals surface area contributed by atoms with Crippen LogP contribution < -0.4 is 5.32 Å². The van der Waals surface area contributed by atoms with Gasteiger partial charge in [0.1, 0.15) is 0 Å². The molecule has 0 saturated heterocycles. The molecule has 0 aromatic heterocycles. The van der Waals surface area contributed by atoms with Crippen LogP contribution >= 0.6 is 0 Å². The van der Waals surface area contributed by atoms with Crippen molar-refractivity contribution in [3.63, 3.8) is 0 Å². The van der Waals surface area contributed by atoms with E-state index >= 15 is 0 Å². The molecule has 0 aliphatic rings. The first-order valence-electron chi connectivity index (χ1n) is 6.25. The smallest absolute Gasteiger partial charge is 0.0998 e. The average molecular weight is 252 g/mol. The van der Waals surface area contributed by atoms with Gasteiger partial charge in [0.05, 0.1) is 18.2 Å². The molecule has 3 nitrogen and oxygen atoms in total. The number of nitrogens with one attached hydrogen (secondary N) is 1. The fourth-order valence-corrected chi connectivity index (χ4v) is 1.95.